The van der Waals surface area contributed by atoms with E-state index >= 15 is 0 Å². The second-order valence-electron chi connectivity index (χ2n) is 4.90. The molecule has 0 aliphatic heterocycles. The summed E-state index contributed by atoms with van der Waals surface area (Å²) in [5, 5.41) is 17.8. The van der Waals surface area contributed by atoms with Crippen molar-refractivity contribution in [1.82, 2.24) is 0 Å². The highest BCUT2D eigenvalue weighted by molar-refractivity contribution is 5.88. The van der Waals surface area contributed by atoms with Crippen LogP contribution in [0.4, 0.5) is 5.69 Å². The predicted molar refractivity (Wildman–Crippen MR) is 83.1 cm³/mol. The van der Waals surface area contributed by atoms with Gasteiger partial charge in [-0.15, -0.1) is 0 Å². The molecule has 0 amide bonds. The molecule has 2 rings (SSSR count). The van der Waals surface area contributed by atoms with Crippen LogP contribution in [0.3, 0.4) is 0 Å². The number of nitrogens with zero attached hydrogens (tertiary/aromatic N) is 1. The molecule has 0 radical (unpaired) electrons. The van der Waals surface area contributed by atoms with E-state index in [0.29, 0.717) is 13.1 Å². The van der Waals surface area contributed by atoms with Crippen molar-refractivity contribution in [3.8, 4) is 0 Å². The summed E-state index contributed by atoms with van der Waals surface area (Å²) in [5.74, 6) is -1.84. The normalized spacial score (nSPS) is 10.2. The largest absolute Gasteiger partial charge is 0.481 e. The van der Waals surface area contributed by atoms with Gasteiger partial charge in [-0.2, -0.15) is 0 Å². The summed E-state index contributed by atoms with van der Waals surface area (Å²) >= 11 is 0. The molecule has 5 nitrogen and oxygen atoms in total. The molecule has 2 aromatic carbocycles. The lowest BCUT2D eigenvalue weighted by molar-refractivity contribution is -0.136. The first kappa shape index (κ1) is 15.6. The average molecular weight is 299 g/mol. The smallest absolute Gasteiger partial charge is 0.335 e. The van der Waals surface area contributed by atoms with E-state index in [4.69, 9.17) is 10.2 Å². The average Bonchev–Trinajstić information content (AvgIpc) is 2.52. The lowest BCUT2D eigenvalue weighted by Crippen LogP contribution is -2.25. The Bertz CT molecular complexity index is 637. The molecule has 0 spiro atoms. The van der Waals surface area contributed by atoms with Crippen molar-refractivity contribution in [2.45, 2.75) is 13.0 Å². The minimum absolute atomic E-state index is 0.0213. The van der Waals surface area contributed by atoms with Gasteiger partial charge in [-0.3, -0.25) is 4.79 Å². The monoisotopic (exact) mass is 299 g/mol. The van der Waals surface area contributed by atoms with E-state index < -0.39 is 11.9 Å². The maximum Gasteiger partial charge on any atom is 0.335 e. The summed E-state index contributed by atoms with van der Waals surface area (Å²) in [6.07, 6.45) is 0.0213. The van der Waals surface area contributed by atoms with Crippen molar-refractivity contribution in [1.29, 1.82) is 0 Å². The van der Waals surface area contributed by atoms with Crippen molar-refractivity contribution < 1.29 is 19.8 Å². The zero-order valence-electron chi connectivity index (χ0n) is 12.0. The fourth-order valence-corrected chi connectivity index (χ4v) is 2.15. The van der Waals surface area contributed by atoms with E-state index in [2.05, 4.69) is 0 Å². The number of rotatable bonds is 7. The van der Waals surface area contributed by atoms with Crippen LogP contribution >= 0.6 is 0 Å². The number of aliphatic carboxylic acids is 1. The lowest BCUT2D eigenvalue weighted by Gasteiger charge is -2.24. The van der Waals surface area contributed by atoms with Crippen LogP contribution in [0, 0.1) is 0 Å². The van der Waals surface area contributed by atoms with Crippen molar-refractivity contribution in [2.75, 3.05) is 11.4 Å². The van der Waals surface area contributed by atoms with Crippen molar-refractivity contribution in [3.63, 3.8) is 0 Å². The highest BCUT2D eigenvalue weighted by Crippen LogP contribution is 2.18. The van der Waals surface area contributed by atoms with Crippen molar-refractivity contribution in [3.05, 3.63) is 65.7 Å². The standard InChI is InChI=1S/C17H17NO4/c19-16(20)10-11-18(12-13-4-2-1-3-5-13)15-8-6-14(7-9-15)17(21)22/h1-9H,10-12H2,(H,19,20)(H,21,22). The number of hydrogen-bond donors (Lipinski definition) is 2. The Labute approximate surface area is 128 Å². The van der Waals surface area contributed by atoms with Gasteiger partial charge in [-0.25, -0.2) is 4.79 Å². The number of carboxylic acid groups (broad SMARTS) is 2. The number of carbonyl (C=O) groups is 2. The molecular weight excluding hydrogens is 282 g/mol. The quantitative estimate of drug-likeness (QED) is 0.822. The summed E-state index contributed by atoms with van der Waals surface area (Å²) in [6, 6.07) is 16.2. The number of aromatic carboxylic acids is 1. The molecule has 0 saturated carbocycles. The predicted octanol–water partition coefficient (Wildman–Crippen LogP) is 2.87. The molecule has 0 aliphatic rings. The van der Waals surface area contributed by atoms with Gasteiger partial charge in [0.1, 0.15) is 0 Å². The Morgan fingerprint density at radius 3 is 2.09 bits per heavy atom. The Morgan fingerprint density at radius 1 is 0.909 bits per heavy atom. The molecule has 22 heavy (non-hydrogen) atoms. The molecule has 0 unspecified atom stereocenters. The van der Waals surface area contributed by atoms with Crippen LogP contribution in [-0.4, -0.2) is 28.7 Å². The summed E-state index contributed by atoms with van der Waals surface area (Å²) in [4.78, 5) is 23.6. The maximum atomic E-state index is 10.9. The Kier molecular flexibility index (Phi) is 5.14. The van der Waals surface area contributed by atoms with Crippen LogP contribution in [0.15, 0.2) is 54.6 Å². The Balaban J connectivity index is 2.19. The van der Waals surface area contributed by atoms with E-state index in [-0.39, 0.29) is 12.0 Å². The highest BCUT2D eigenvalue weighted by Gasteiger charge is 2.11. The van der Waals surface area contributed by atoms with E-state index in [9.17, 15) is 9.59 Å². The molecule has 2 N–H and O–H groups in total. The van der Waals surface area contributed by atoms with E-state index in [0.717, 1.165) is 11.3 Å². The maximum absolute atomic E-state index is 10.9. The Morgan fingerprint density at radius 2 is 1.55 bits per heavy atom. The SMILES string of the molecule is O=C(O)CCN(Cc1ccccc1)c1ccc(C(=O)O)cc1. The van der Waals surface area contributed by atoms with Gasteiger partial charge in [-0.05, 0) is 29.8 Å². The number of benzene rings is 2. The first-order valence-electron chi connectivity index (χ1n) is 6.90. The van der Waals surface area contributed by atoms with E-state index in [1.807, 2.05) is 35.2 Å². The second kappa shape index (κ2) is 7.26. The van der Waals surface area contributed by atoms with Crippen molar-refractivity contribution in [2.24, 2.45) is 0 Å². The van der Waals surface area contributed by atoms with Gasteiger partial charge < -0.3 is 15.1 Å². The fourth-order valence-electron chi connectivity index (χ4n) is 2.15. The van der Waals surface area contributed by atoms with Gasteiger partial charge in [0.15, 0.2) is 0 Å². The third-order valence-electron chi connectivity index (χ3n) is 3.29. The molecule has 2 aromatic rings. The third kappa shape index (κ3) is 4.34. The molecule has 0 saturated heterocycles. The van der Waals surface area contributed by atoms with Crippen LogP contribution in [0.1, 0.15) is 22.3 Å². The molecule has 5 heteroatoms. The topological polar surface area (TPSA) is 77.8 Å². The Hall–Kier alpha value is -2.82. The van der Waals surface area contributed by atoms with Gasteiger partial charge in [0, 0.05) is 18.8 Å². The van der Waals surface area contributed by atoms with Gasteiger partial charge in [-0.1, -0.05) is 30.3 Å². The molecule has 0 heterocycles. The van der Waals surface area contributed by atoms with E-state index in [1.54, 1.807) is 12.1 Å². The number of hydrogen-bond acceptors (Lipinski definition) is 3. The number of anilines is 1. The molecule has 0 fully saturated rings. The third-order valence-corrected chi connectivity index (χ3v) is 3.29. The lowest BCUT2D eigenvalue weighted by atomic mass is 10.1. The molecular formula is C17H17NO4. The van der Waals surface area contributed by atoms with E-state index in [1.165, 1.54) is 12.1 Å². The summed E-state index contributed by atoms with van der Waals surface area (Å²) < 4.78 is 0. The molecule has 0 atom stereocenters. The van der Waals surface area contributed by atoms with Crippen molar-refractivity contribution >= 4 is 17.6 Å². The van der Waals surface area contributed by atoms with Crippen LogP contribution < -0.4 is 4.90 Å². The van der Waals surface area contributed by atoms with Gasteiger partial charge in [0.2, 0.25) is 0 Å². The van der Waals surface area contributed by atoms with Crippen LogP contribution in [0.2, 0.25) is 0 Å². The zero-order valence-corrected chi connectivity index (χ0v) is 12.0. The fraction of sp³-hybridized carbons (Fsp3) is 0.176. The minimum Gasteiger partial charge on any atom is -0.481 e. The zero-order chi connectivity index (χ0) is 15.9. The van der Waals surface area contributed by atoms with Crippen LogP contribution in [-0.2, 0) is 11.3 Å². The summed E-state index contributed by atoms with van der Waals surface area (Å²) in [5.41, 5.74) is 2.08. The second-order valence-corrected chi connectivity index (χ2v) is 4.90. The minimum atomic E-state index is -0.980. The van der Waals surface area contributed by atoms with Gasteiger partial charge in [0.05, 0.1) is 12.0 Å². The number of carboxylic acids is 2. The molecule has 0 aromatic heterocycles. The first-order chi connectivity index (χ1) is 10.6. The van der Waals surface area contributed by atoms with Gasteiger partial charge in [0.25, 0.3) is 0 Å². The highest BCUT2D eigenvalue weighted by atomic mass is 16.4. The summed E-state index contributed by atoms with van der Waals surface area (Å²) in [7, 11) is 0. The van der Waals surface area contributed by atoms with Crippen LogP contribution in [0.25, 0.3) is 0 Å². The summed E-state index contributed by atoms with van der Waals surface area (Å²) in [6.45, 7) is 0.928. The van der Waals surface area contributed by atoms with Crippen LogP contribution in [0.5, 0.6) is 0 Å². The van der Waals surface area contributed by atoms with Gasteiger partial charge >= 0.3 is 11.9 Å². The molecule has 0 bridgehead atoms. The first-order valence-corrected chi connectivity index (χ1v) is 6.90. The molecule has 0 aliphatic carbocycles. The molecule has 114 valence electrons.